The molecule has 0 saturated carbocycles. The number of para-hydroxylation sites is 3. The highest BCUT2D eigenvalue weighted by molar-refractivity contribution is 6.23. The summed E-state index contributed by atoms with van der Waals surface area (Å²) in [5.74, 6) is 0.880. The van der Waals surface area contributed by atoms with Crippen molar-refractivity contribution in [1.29, 1.82) is 0 Å². The Balaban J connectivity index is 1.43. The van der Waals surface area contributed by atoms with Gasteiger partial charge in [-0.1, -0.05) is 84.9 Å². The Bertz CT molecular complexity index is 2420. The summed E-state index contributed by atoms with van der Waals surface area (Å²) in [6.07, 6.45) is 1.73. The molecule has 0 spiro atoms. The quantitative estimate of drug-likeness (QED) is 0.230. The molecule has 0 amide bonds. The molecular formula is C37H23N3O. The van der Waals surface area contributed by atoms with E-state index < -0.39 is 0 Å². The number of benzene rings is 5. The minimum atomic E-state index is 0.862. The molecule has 0 bridgehead atoms. The second-order valence-corrected chi connectivity index (χ2v) is 10.5. The number of rotatable bonds is 3. The third-order valence-electron chi connectivity index (χ3n) is 8.20. The van der Waals surface area contributed by atoms with Gasteiger partial charge in [0.2, 0.25) is 0 Å². The summed E-state index contributed by atoms with van der Waals surface area (Å²) in [4.78, 5) is 5.25. The second-order valence-electron chi connectivity index (χ2n) is 10.5. The van der Waals surface area contributed by atoms with Crippen molar-refractivity contribution in [2.45, 2.75) is 0 Å². The van der Waals surface area contributed by atoms with Crippen molar-refractivity contribution in [2.24, 2.45) is 0 Å². The number of hydrogen-bond acceptors (Lipinski definition) is 2. The lowest BCUT2D eigenvalue weighted by molar-refractivity contribution is 0.616. The van der Waals surface area contributed by atoms with Crippen LogP contribution in [-0.2, 0) is 0 Å². The van der Waals surface area contributed by atoms with Crippen LogP contribution in [0.4, 0.5) is 0 Å². The Kier molecular flexibility index (Phi) is 4.58. The number of aromatic nitrogens is 3. The SMILES string of the molecule is c1ccc(-n2c3ccccc3c3ccc4c5ccccc5n(-c5cccc(-c6ccc7ccoc7c6)n5)c4c32)cc1. The van der Waals surface area contributed by atoms with Crippen LogP contribution in [0.15, 0.2) is 144 Å². The van der Waals surface area contributed by atoms with E-state index in [1.165, 1.54) is 32.6 Å². The van der Waals surface area contributed by atoms with Crippen molar-refractivity contribution in [3.63, 3.8) is 0 Å². The van der Waals surface area contributed by atoms with Crippen LogP contribution in [0.2, 0.25) is 0 Å². The van der Waals surface area contributed by atoms with Gasteiger partial charge in [0, 0.05) is 38.2 Å². The topological polar surface area (TPSA) is 35.9 Å². The van der Waals surface area contributed by atoms with E-state index in [-0.39, 0.29) is 0 Å². The van der Waals surface area contributed by atoms with Gasteiger partial charge in [0.1, 0.15) is 11.4 Å². The van der Waals surface area contributed by atoms with Crippen molar-refractivity contribution in [3.05, 3.63) is 140 Å². The highest BCUT2D eigenvalue weighted by Crippen LogP contribution is 2.41. The predicted octanol–water partition coefficient (Wildman–Crippen LogP) is 9.69. The van der Waals surface area contributed by atoms with Gasteiger partial charge in [-0.25, -0.2) is 4.98 Å². The Morgan fingerprint density at radius 2 is 1.20 bits per heavy atom. The van der Waals surface area contributed by atoms with Gasteiger partial charge in [0.15, 0.2) is 0 Å². The molecule has 4 heterocycles. The van der Waals surface area contributed by atoms with Gasteiger partial charge in [-0.2, -0.15) is 0 Å². The molecule has 4 aromatic heterocycles. The Hall–Kier alpha value is -5.61. The molecule has 41 heavy (non-hydrogen) atoms. The monoisotopic (exact) mass is 525 g/mol. The van der Waals surface area contributed by atoms with Crippen LogP contribution in [0.25, 0.3) is 77.3 Å². The molecule has 0 aliphatic carbocycles. The average Bonchev–Trinajstić information content (AvgIpc) is 3.73. The molecule has 0 N–H and O–H groups in total. The second kappa shape index (κ2) is 8.44. The lowest BCUT2D eigenvalue weighted by Gasteiger charge is -2.13. The fourth-order valence-corrected chi connectivity index (χ4v) is 6.41. The van der Waals surface area contributed by atoms with E-state index >= 15 is 0 Å². The standard InChI is InChI=1S/C37H23N3O/c1-2-9-26(10-3-1)39-32-14-6-4-11-27(32)29-19-20-30-28-12-5-7-15-33(28)40(37(30)36(29)39)35-16-8-13-31(38-35)25-18-17-24-21-22-41-34(24)23-25/h1-23H. The van der Waals surface area contributed by atoms with E-state index in [4.69, 9.17) is 9.40 Å². The number of pyridine rings is 1. The summed E-state index contributed by atoms with van der Waals surface area (Å²) in [6.45, 7) is 0. The molecule has 0 radical (unpaired) electrons. The van der Waals surface area contributed by atoms with Crippen molar-refractivity contribution in [3.8, 4) is 22.8 Å². The van der Waals surface area contributed by atoms with E-state index in [0.29, 0.717) is 0 Å². The van der Waals surface area contributed by atoms with Crippen LogP contribution < -0.4 is 0 Å². The molecule has 0 atom stereocenters. The van der Waals surface area contributed by atoms with Crippen molar-refractivity contribution < 1.29 is 4.42 Å². The highest BCUT2D eigenvalue weighted by atomic mass is 16.3. The van der Waals surface area contributed by atoms with E-state index in [2.05, 4.69) is 137 Å². The fourth-order valence-electron chi connectivity index (χ4n) is 6.41. The Labute approximate surface area is 235 Å². The first-order valence-electron chi connectivity index (χ1n) is 13.8. The molecule has 0 aliphatic heterocycles. The molecule has 0 unspecified atom stereocenters. The van der Waals surface area contributed by atoms with Crippen LogP contribution >= 0.6 is 0 Å². The maximum Gasteiger partial charge on any atom is 0.138 e. The van der Waals surface area contributed by atoms with Crippen LogP contribution in [0.1, 0.15) is 0 Å². The summed E-state index contributed by atoms with van der Waals surface area (Å²) in [6, 6.07) is 47.0. The summed E-state index contributed by atoms with van der Waals surface area (Å²) in [5, 5.41) is 5.96. The molecule has 9 aromatic rings. The number of fused-ring (bicyclic) bond motifs is 8. The van der Waals surface area contributed by atoms with Gasteiger partial charge in [-0.15, -0.1) is 0 Å². The Morgan fingerprint density at radius 3 is 1.98 bits per heavy atom. The van der Waals surface area contributed by atoms with Crippen molar-refractivity contribution in [1.82, 2.24) is 14.1 Å². The van der Waals surface area contributed by atoms with E-state index in [9.17, 15) is 0 Å². The highest BCUT2D eigenvalue weighted by Gasteiger charge is 2.21. The largest absolute Gasteiger partial charge is 0.464 e. The minimum Gasteiger partial charge on any atom is -0.464 e. The normalized spacial score (nSPS) is 11.9. The van der Waals surface area contributed by atoms with Crippen LogP contribution in [-0.4, -0.2) is 14.1 Å². The maximum absolute atomic E-state index is 5.69. The van der Waals surface area contributed by atoms with E-state index in [0.717, 1.165) is 44.8 Å². The lowest BCUT2D eigenvalue weighted by Crippen LogP contribution is -2.01. The fraction of sp³-hybridized carbons (Fsp3) is 0. The lowest BCUT2D eigenvalue weighted by atomic mass is 10.1. The average molecular weight is 526 g/mol. The van der Waals surface area contributed by atoms with E-state index in [1.807, 2.05) is 6.07 Å². The molecule has 5 aromatic carbocycles. The number of hydrogen-bond donors (Lipinski definition) is 0. The summed E-state index contributed by atoms with van der Waals surface area (Å²) < 4.78 is 10.4. The van der Waals surface area contributed by atoms with Gasteiger partial charge >= 0.3 is 0 Å². The number of nitrogens with zero attached hydrogens (tertiary/aromatic N) is 3. The smallest absolute Gasteiger partial charge is 0.138 e. The van der Waals surface area contributed by atoms with Gasteiger partial charge < -0.3 is 8.98 Å². The summed E-state index contributed by atoms with van der Waals surface area (Å²) in [5.41, 5.74) is 8.57. The van der Waals surface area contributed by atoms with E-state index in [1.54, 1.807) is 6.26 Å². The first-order chi connectivity index (χ1) is 20.3. The zero-order chi connectivity index (χ0) is 26.9. The zero-order valence-electron chi connectivity index (χ0n) is 22.0. The molecular weight excluding hydrogens is 502 g/mol. The van der Waals surface area contributed by atoms with Gasteiger partial charge in [-0.3, -0.25) is 4.57 Å². The molecule has 0 saturated heterocycles. The molecule has 9 rings (SSSR count). The predicted molar refractivity (Wildman–Crippen MR) is 168 cm³/mol. The molecule has 0 aliphatic rings. The van der Waals surface area contributed by atoms with Crippen LogP contribution in [0, 0.1) is 0 Å². The molecule has 0 fully saturated rings. The van der Waals surface area contributed by atoms with Crippen LogP contribution in [0.3, 0.4) is 0 Å². The third-order valence-corrected chi connectivity index (χ3v) is 8.20. The van der Waals surface area contributed by atoms with Gasteiger partial charge in [-0.05, 0) is 48.5 Å². The first kappa shape index (κ1) is 22.2. The summed E-state index contributed by atoms with van der Waals surface area (Å²) in [7, 11) is 0. The van der Waals surface area contributed by atoms with Crippen molar-refractivity contribution >= 4 is 54.6 Å². The van der Waals surface area contributed by atoms with Crippen LogP contribution in [0.5, 0.6) is 0 Å². The van der Waals surface area contributed by atoms with Gasteiger partial charge in [0.25, 0.3) is 0 Å². The molecule has 4 nitrogen and oxygen atoms in total. The third kappa shape index (κ3) is 3.19. The molecule has 192 valence electrons. The van der Waals surface area contributed by atoms with Crippen molar-refractivity contribution in [2.75, 3.05) is 0 Å². The van der Waals surface area contributed by atoms with Gasteiger partial charge in [0.05, 0.1) is 34.0 Å². The number of furan rings is 1. The minimum absolute atomic E-state index is 0.862. The zero-order valence-corrected chi connectivity index (χ0v) is 22.0. The Morgan fingerprint density at radius 1 is 0.512 bits per heavy atom. The first-order valence-corrected chi connectivity index (χ1v) is 13.8. The molecule has 4 heteroatoms. The maximum atomic E-state index is 5.69. The summed E-state index contributed by atoms with van der Waals surface area (Å²) >= 11 is 0.